The second kappa shape index (κ2) is 9.84. The summed E-state index contributed by atoms with van der Waals surface area (Å²) in [7, 11) is 1.58. The highest BCUT2D eigenvalue weighted by molar-refractivity contribution is 5.93. The average molecular weight is 442 g/mol. The van der Waals surface area contributed by atoms with E-state index < -0.39 is 5.41 Å². The molecule has 9 heteroatoms. The van der Waals surface area contributed by atoms with Gasteiger partial charge in [-0.15, -0.1) is 0 Å². The molecule has 1 aliphatic rings. The summed E-state index contributed by atoms with van der Waals surface area (Å²) in [5, 5.41) is 9.81. The molecule has 1 fully saturated rings. The van der Waals surface area contributed by atoms with Gasteiger partial charge in [0.25, 0.3) is 0 Å². The number of hydrogen-bond acceptors (Lipinski definition) is 5. The highest BCUT2D eigenvalue weighted by Crippen LogP contribution is 2.24. The number of rotatable bonds is 6. The Morgan fingerprint density at radius 2 is 1.84 bits per heavy atom. The number of nitrogens with one attached hydrogen (secondary N) is 2. The minimum Gasteiger partial charge on any atom is -0.497 e. The predicted molar refractivity (Wildman–Crippen MR) is 121 cm³/mol. The lowest BCUT2D eigenvalue weighted by molar-refractivity contribution is -0.142. The highest BCUT2D eigenvalue weighted by atomic mass is 16.5. The Kier molecular flexibility index (Phi) is 7.17. The second-order valence-corrected chi connectivity index (χ2v) is 9.03. The molecule has 0 spiro atoms. The van der Waals surface area contributed by atoms with E-state index in [1.165, 1.54) is 10.9 Å². The summed E-state index contributed by atoms with van der Waals surface area (Å²) in [4.78, 5) is 39.3. The first-order valence-electron chi connectivity index (χ1n) is 10.7. The summed E-state index contributed by atoms with van der Waals surface area (Å²) in [5.74, 6) is 0.125. The predicted octanol–water partition coefficient (Wildman–Crippen LogP) is 2.75. The standard InChI is InChI=1S/C23H31N5O4/c1-23(2,3)22(31)27-11-5-6-16(13-27)21(30)26-18-12-24-28(14-18)15-20(29)25-17-7-9-19(32-4)10-8-17/h7-10,12,14,16H,5-6,11,13,15H2,1-4H3,(H,25,29)(H,26,30). The van der Waals surface area contributed by atoms with Crippen LogP contribution in [0.2, 0.25) is 0 Å². The summed E-state index contributed by atoms with van der Waals surface area (Å²) in [6.07, 6.45) is 4.66. The molecule has 1 saturated heterocycles. The molecule has 1 aromatic carbocycles. The maximum Gasteiger partial charge on any atom is 0.246 e. The number of carbonyl (C=O) groups is 3. The lowest BCUT2D eigenvalue weighted by atomic mass is 9.91. The van der Waals surface area contributed by atoms with Crippen LogP contribution in [0.25, 0.3) is 0 Å². The van der Waals surface area contributed by atoms with Gasteiger partial charge in [-0.1, -0.05) is 20.8 Å². The molecule has 2 aromatic rings. The summed E-state index contributed by atoms with van der Waals surface area (Å²) in [5.41, 5.74) is 0.709. The summed E-state index contributed by atoms with van der Waals surface area (Å²) in [6.45, 7) is 6.77. The van der Waals surface area contributed by atoms with E-state index in [-0.39, 0.29) is 30.2 Å². The van der Waals surface area contributed by atoms with Crippen LogP contribution in [0.15, 0.2) is 36.7 Å². The number of piperidine rings is 1. The number of ether oxygens (including phenoxy) is 1. The summed E-state index contributed by atoms with van der Waals surface area (Å²) >= 11 is 0. The zero-order chi connectivity index (χ0) is 23.3. The SMILES string of the molecule is COc1ccc(NC(=O)Cn2cc(NC(=O)C3CCCN(C(=O)C(C)(C)C)C3)cn2)cc1. The van der Waals surface area contributed by atoms with E-state index in [0.29, 0.717) is 30.2 Å². The molecule has 172 valence electrons. The van der Waals surface area contributed by atoms with Crippen molar-refractivity contribution in [1.29, 1.82) is 0 Å². The number of benzene rings is 1. The third-order valence-electron chi connectivity index (χ3n) is 5.30. The van der Waals surface area contributed by atoms with Gasteiger partial charge in [0.1, 0.15) is 12.3 Å². The minimum absolute atomic E-state index is 0.0131. The number of nitrogens with zero attached hydrogens (tertiary/aromatic N) is 3. The van der Waals surface area contributed by atoms with Crippen LogP contribution in [0, 0.1) is 11.3 Å². The lowest BCUT2D eigenvalue weighted by Gasteiger charge is -2.35. The smallest absolute Gasteiger partial charge is 0.246 e. The van der Waals surface area contributed by atoms with Gasteiger partial charge >= 0.3 is 0 Å². The molecule has 1 aromatic heterocycles. The van der Waals surface area contributed by atoms with E-state index in [1.807, 2.05) is 20.8 Å². The monoisotopic (exact) mass is 441 g/mol. The molecule has 1 atom stereocenters. The fourth-order valence-corrected chi connectivity index (χ4v) is 3.63. The average Bonchev–Trinajstić information content (AvgIpc) is 3.19. The molecule has 2 N–H and O–H groups in total. The van der Waals surface area contributed by atoms with Crippen molar-refractivity contribution in [3.63, 3.8) is 0 Å². The fraction of sp³-hybridized carbons (Fsp3) is 0.478. The Balaban J connectivity index is 1.52. The molecule has 0 bridgehead atoms. The van der Waals surface area contributed by atoms with E-state index in [9.17, 15) is 14.4 Å². The topological polar surface area (TPSA) is 106 Å². The second-order valence-electron chi connectivity index (χ2n) is 9.03. The Morgan fingerprint density at radius 3 is 2.50 bits per heavy atom. The molecule has 0 aliphatic carbocycles. The number of aromatic nitrogens is 2. The van der Waals surface area contributed by atoms with Gasteiger partial charge in [0, 0.05) is 30.4 Å². The van der Waals surface area contributed by atoms with Crippen molar-refractivity contribution in [2.75, 3.05) is 30.8 Å². The van der Waals surface area contributed by atoms with Gasteiger partial charge in [-0.25, -0.2) is 0 Å². The van der Waals surface area contributed by atoms with Crippen LogP contribution in [-0.2, 0) is 20.9 Å². The van der Waals surface area contributed by atoms with Crippen molar-refractivity contribution in [3.8, 4) is 5.75 Å². The van der Waals surface area contributed by atoms with Crippen LogP contribution in [0.5, 0.6) is 5.75 Å². The van der Waals surface area contributed by atoms with Gasteiger partial charge in [-0.3, -0.25) is 19.1 Å². The van der Waals surface area contributed by atoms with Crippen LogP contribution in [0.4, 0.5) is 11.4 Å². The number of hydrogen-bond donors (Lipinski definition) is 2. The molecule has 9 nitrogen and oxygen atoms in total. The number of methoxy groups -OCH3 is 1. The minimum atomic E-state index is -0.466. The van der Waals surface area contributed by atoms with Crippen LogP contribution >= 0.6 is 0 Å². The molecular weight excluding hydrogens is 410 g/mol. The van der Waals surface area contributed by atoms with Crippen LogP contribution in [-0.4, -0.2) is 52.6 Å². The first-order valence-corrected chi connectivity index (χ1v) is 10.7. The van der Waals surface area contributed by atoms with Crippen molar-refractivity contribution < 1.29 is 19.1 Å². The fourth-order valence-electron chi connectivity index (χ4n) is 3.63. The molecular formula is C23H31N5O4. The Hall–Kier alpha value is -3.36. The third-order valence-corrected chi connectivity index (χ3v) is 5.30. The molecule has 1 aliphatic heterocycles. The van der Waals surface area contributed by atoms with E-state index in [2.05, 4.69) is 15.7 Å². The highest BCUT2D eigenvalue weighted by Gasteiger charge is 2.33. The zero-order valence-corrected chi connectivity index (χ0v) is 19.1. The molecule has 0 saturated carbocycles. The van der Waals surface area contributed by atoms with Crippen LogP contribution in [0.3, 0.4) is 0 Å². The summed E-state index contributed by atoms with van der Waals surface area (Å²) < 4.78 is 6.56. The third kappa shape index (κ3) is 6.09. The first-order chi connectivity index (χ1) is 15.2. The van der Waals surface area contributed by atoms with Gasteiger partial charge in [0.15, 0.2) is 0 Å². The van der Waals surface area contributed by atoms with Gasteiger partial charge in [-0.05, 0) is 37.1 Å². The number of likely N-dealkylation sites (tertiary alicyclic amines) is 1. The number of anilines is 2. The Labute approximate surface area is 188 Å². The molecule has 3 rings (SSSR count). The first kappa shape index (κ1) is 23.3. The number of amides is 3. The van der Waals surface area contributed by atoms with E-state index in [0.717, 1.165) is 12.8 Å². The van der Waals surface area contributed by atoms with E-state index in [1.54, 1.807) is 42.5 Å². The summed E-state index contributed by atoms with van der Waals surface area (Å²) in [6, 6.07) is 7.03. The normalized spacial score (nSPS) is 16.4. The van der Waals surface area contributed by atoms with E-state index >= 15 is 0 Å². The molecule has 1 unspecified atom stereocenters. The van der Waals surface area contributed by atoms with Gasteiger partial charge in [-0.2, -0.15) is 5.10 Å². The lowest BCUT2D eigenvalue weighted by Crippen LogP contribution is -2.47. The van der Waals surface area contributed by atoms with Crippen molar-refractivity contribution in [2.45, 2.75) is 40.2 Å². The van der Waals surface area contributed by atoms with Crippen LogP contribution < -0.4 is 15.4 Å². The van der Waals surface area contributed by atoms with Crippen molar-refractivity contribution in [2.24, 2.45) is 11.3 Å². The van der Waals surface area contributed by atoms with E-state index in [4.69, 9.17) is 4.74 Å². The maximum absolute atomic E-state index is 12.7. The zero-order valence-electron chi connectivity index (χ0n) is 19.1. The molecule has 3 amide bonds. The van der Waals surface area contributed by atoms with Crippen molar-refractivity contribution >= 4 is 29.1 Å². The van der Waals surface area contributed by atoms with Gasteiger partial charge < -0.3 is 20.3 Å². The number of carbonyl (C=O) groups excluding carboxylic acids is 3. The van der Waals surface area contributed by atoms with Crippen LogP contribution in [0.1, 0.15) is 33.6 Å². The van der Waals surface area contributed by atoms with Gasteiger partial charge in [0.2, 0.25) is 17.7 Å². The van der Waals surface area contributed by atoms with Gasteiger partial charge in [0.05, 0.1) is 24.9 Å². The molecule has 2 heterocycles. The Bertz CT molecular complexity index is 962. The maximum atomic E-state index is 12.7. The van der Waals surface area contributed by atoms with Crippen molar-refractivity contribution in [3.05, 3.63) is 36.7 Å². The van der Waals surface area contributed by atoms with Crippen molar-refractivity contribution in [1.82, 2.24) is 14.7 Å². The Morgan fingerprint density at radius 1 is 1.12 bits per heavy atom. The quantitative estimate of drug-likeness (QED) is 0.717. The molecule has 0 radical (unpaired) electrons. The molecule has 32 heavy (non-hydrogen) atoms. The largest absolute Gasteiger partial charge is 0.497 e.